The van der Waals surface area contributed by atoms with E-state index in [9.17, 15) is 9.59 Å². The first-order valence-electron chi connectivity index (χ1n) is 9.92. The van der Waals surface area contributed by atoms with Crippen molar-refractivity contribution in [2.45, 2.75) is 45.6 Å². The topological polar surface area (TPSA) is 58.6 Å². The lowest BCUT2D eigenvalue weighted by molar-refractivity contribution is -0.122. The second-order valence-corrected chi connectivity index (χ2v) is 7.49. The zero-order valence-corrected chi connectivity index (χ0v) is 16.8. The molecule has 0 unspecified atom stereocenters. The fourth-order valence-electron chi connectivity index (χ4n) is 3.41. The van der Waals surface area contributed by atoms with Gasteiger partial charge in [-0.1, -0.05) is 44.2 Å². The third-order valence-electron chi connectivity index (χ3n) is 5.02. The van der Waals surface area contributed by atoms with Gasteiger partial charge in [-0.3, -0.25) is 9.59 Å². The first-order valence-corrected chi connectivity index (χ1v) is 9.92. The quantitative estimate of drug-likeness (QED) is 0.805. The molecule has 0 bridgehead atoms. The van der Waals surface area contributed by atoms with Crippen molar-refractivity contribution in [3.05, 3.63) is 59.7 Å². The van der Waals surface area contributed by atoms with Crippen LogP contribution in [0.25, 0.3) is 0 Å². The van der Waals surface area contributed by atoms with Gasteiger partial charge in [0.05, 0.1) is 11.3 Å². The summed E-state index contributed by atoms with van der Waals surface area (Å²) in [5, 5.41) is 2.87. The normalized spacial score (nSPS) is 14.8. The molecule has 3 rings (SSSR count). The van der Waals surface area contributed by atoms with Crippen LogP contribution in [0.4, 0.5) is 5.69 Å². The Morgan fingerprint density at radius 2 is 1.61 bits per heavy atom. The van der Waals surface area contributed by atoms with Crippen LogP contribution >= 0.6 is 0 Å². The van der Waals surface area contributed by atoms with E-state index in [0.717, 1.165) is 31.5 Å². The Kier molecular flexibility index (Phi) is 6.34. The van der Waals surface area contributed by atoms with Crippen molar-refractivity contribution in [3.8, 4) is 5.75 Å². The second kappa shape index (κ2) is 8.91. The molecule has 0 saturated carbocycles. The monoisotopic (exact) mass is 380 g/mol. The number of carbonyl (C=O) groups is 2. The predicted octanol–water partition coefficient (Wildman–Crippen LogP) is 4.45. The number of benzene rings is 2. The maximum atomic E-state index is 12.8. The van der Waals surface area contributed by atoms with E-state index in [0.29, 0.717) is 22.9 Å². The van der Waals surface area contributed by atoms with Gasteiger partial charge in [-0.15, -0.1) is 0 Å². The molecule has 1 atom stereocenters. The van der Waals surface area contributed by atoms with Crippen LogP contribution in [-0.4, -0.2) is 35.9 Å². The van der Waals surface area contributed by atoms with Crippen molar-refractivity contribution in [2.75, 3.05) is 18.4 Å². The summed E-state index contributed by atoms with van der Waals surface area (Å²) in [4.78, 5) is 27.3. The van der Waals surface area contributed by atoms with Crippen molar-refractivity contribution in [1.29, 1.82) is 0 Å². The van der Waals surface area contributed by atoms with Crippen molar-refractivity contribution < 1.29 is 14.3 Å². The number of para-hydroxylation sites is 2. The molecule has 0 spiro atoms. The Balaban J connectivity index is 1.72. The third kappa shape index (κ3) is 4.53. The van der Waals surface area contributed by atoms with Gasteiger partial charge in [0.15, 0.2) is 6.10 Å². The van der Waals surface area contributed by atoms with E-state index in [-0.39, 0.29) is 11.8 Å². The highest BCUT2D eigenvalue weighted by atomic mass is 16.5. The van der Waals surface area contributed by atoms with E-state index in [1.807, 2.05) is 41.3 Å². The lowest BCUT2D eigenvalue weighted by atomic mass is 10.0. The Morgan fingerprint density at radius 1 is 0.964 bits per heavy atom. The summed E-state index contributed by atoms with van der Waals surface area (Å²) in [6, 6.07) is 14.9. The Morgan fingerprint density at radius 3 is 2.32 bits per heavy atom. The average molecular weight is 380 g/mol. The molecule has 0 aromatic heterocycles. The van der Waals surface area contributed by atoms with Gasteiger partial charge < -0.3 is 15.0 Å². The van der Waals surface area contributed by atoms with Crippen molar-refractivity contribution in [2.24, 2.45) is 0 Å². The van der Waals surface area contributed by atoms with Crippen LogP contribution in [0.2, 0.25) is 0 Å². The van der Waals surface area contributed by atoms with Crippen LogP contribution in [0, 0.1) is 0 Å². The molecule has 148 valence electrons. The Labute approximate surface area is 166 Å². The zero-order chi connectivity index (χ0) is 20.1. The fourth-order valence-corrected chi connectivity index (χ4v) is 3.41. The molecule has 1 aliphatic rings. The summed E-state index contributed by atoms with van der Waals surface area (Å²) in [5.74, 6) is 0.694. The summed E-state index contributed by atoms with van der Waals surface area (Å²) in [5.41, 5.74) is 2.11. The van der Waals surface area contributed by atoms with E-state index < -0.39 is 6.10 Å². The van der Waals surface area contributed by atoms with Gasteiger partial charge in [0.25, 0.3) is 11.8 Å². The number of nitrogens with zero attached hydrogens (tertiary/aromatic N) is 1. The minimum absolute atomic E-state index is 0.0351. The smallest absolute Gasteiger partial charge is 0.265 e. The van der Waals surface area contributed by atoms with Crippen LogP contribution in [0.5, 0.6) is 5.75 Å². The molecule has 1 aliphatic heterocycles. The number of nitrogens with one attached hydrogen (secondary N) is 1. The summed E-state index contributed by atoms with van der Waals surface area (Å²) in [6.45, 7) is 7.44. The van der Waals surface area contributed by atoms with Gasteiger partial charge >= 0.3 is 0 Å². The maximum Gasteiger partial charge on any atom is 0.265 e. The number of ether oxygens (including phenoxy) is 1. The van der Waals surface area contributed by atoms with Crippen molar-refractivity contribution >= 4 is 17.5 Å². The summed E-state index contributed by atoms with van der Waals surface area (Å²) in [7, 11) is 0. The van der Waals surface area contributed by atoms with Gasteiger partial charge in [0, 0.05) is 13.1 Å². The van der Waals surface area contributed by atoms with E-state index >= 15 is 0 Å². The van der Waals surface area contributed by atoms with Crippen molar-refractivity contribution in [3.63, 3.8) is 0 Å². The van der Waals surface area contributed by atoms with Crippen LogP contribution in [0.3, 0.4) is 0 Å². The molecule has 0 radical (unpaired) electrons. The third-order valence-corrected chi connectivity index (χ3v) is 5.02. The average Bonchev–Trinajstić information content (AvgIpc) is 3.23. The van der Waals surface area contributed by atoms with Crippen LogP contribution < -0.4 is 10.1 Å². The molecular weight excluding hydrogens is 352 g/mol. The van der Waals surface area contributed by atoms with Gasteiger partial charge in [-0.25, -0.2) is 0 Å². The van der Waals surface area contributed by atoms with E-state index in [1.165, 1.54) is 0 Å². The minimum Gasteiger partial charge on any atom is -0.481 e. The molecule has 1 N–H and O–H groups in total. The Hall–Kier alpha value is -2.82. The number of hydrogen-bond donors (Lipinski definition) is 1. The zero-order valence-electron chi connectivity index (χ0n) is 16.8. The molecule has 1 fully saturated rings. The largest absolute Gasteiger partial charge is 0.481 e. The number of amides is 2. The molecule has 2 aromatic carbocycles. The van der Waals surface area contributed by atoms with Gasteiger partial charge in [-0.05, 0) is 49.4 Å². The maximum absolute atomic E-state index is 12.8. The molecule has 2 amide bonds. The number of rotatable bonds is 6. The number of anilines is 1. The minimum atomic E-state index is -0.685. The molecule has 28 heavy (non-hydrogen) atoms. The predicted molar refractivity (Wildman–Crippen MR) is 111 cm³/mol. The van der Waals surface area contributed by atoms with E-state index in [2.05, 4.69) is 19.2 Å². The van der Waals surface area contributed by atoms with Crippen LogP contribution in [0.1, 0.15) is 55.5 Å². The van der Waals surface area contributed by atoms with E-state index in [4.69, 9.17) is 4.74 Å². The van der Waals surface area contributed by atoms with Crippen molar-refractivity contribution in [1.82, 2.24) is 4.90 Å². The lowest BCUT2D eigenvalue weighted by Crippen LogP contribution is -2.32. The first kappa shape index (κ1) is 19.9. The lowest BCUT2D eigenvalue weighted by Gasteiger charge is -2.20. The summed E-state index contributed by atoms with van der Waals surface area (Å²) < 4.78 is 5.93. The summed E-state index contributed by atoms with van der Waals surface area (Å²) in [6.07, 6.45) is 1.37. The van der Waals surface area contributed by atoms with Gasteiger partial charge in [0.2, 0.25) is 0 Å². The Bertz CT molecular complexity index is 841. The molecule has 5 heteroatoms. The van der Waals surface area contributed by atoms with Gasteiger partial charge in [-0.2, -0.15) is 0 Å². The highest BCUT2D eigenvalue weighted by molar-refractivity contribution is 6.04. The van der Waals surface area contributed by atoms with Gasteiger partial charge in [0.1, 0.15) is 5.75 Å². The molecule has 1 heterocycles. The molecule has 2 aromatic rings. The number of likely N-dealkylation sites (tertiary alicyclic amines) is 1. The standard InChI is InChI=1S/C23H28N2O3/c1-16(2)18-10-5-7-13-21(18)28-17(3)22(26)24-20-12-6-4-11-19(20)23(27)25-14-8-9-15-25/h4-7,10-13,16-17H,8-9,14-15H2,1-3H3,(H,24,26)/t17-/m1/s1. The van der Waals surface area contributed by atoms with Crippen LogP contribution in [0.15, 0.2) is 48.5 Å². The highest BCUT2D eigenvalue weighted by Crippen LogP contribution is 2.27. The molecular formula is C23H28N2O3. The first-order chi connectivity index (χ1) is 13.5. The number of carbonyl (C=O) groups excluding carboxylic acids is 2. The molecule has 1 saturated heterocycles. The van der Waals surface area contributed by atoms with E-state index in [1.54, 1.807) is 19.1 Å². The highest BCUT2D eigenvalue weighted by Gasteiger charge is 2.24. The summed E-state index contributed by atoms with van der Waals surface area (Å²) >= 11 is 0. The SMILES string of the molecule is CC(C)c1ccccc1O[C@H](C)C(=O)Nc1ccccc1C(=O)N1CCCC1. The molecule has 0 aliphatic carbocycles. The second-order valence-electron chi connectivity index (χ2n) is 7.49. The number of hydrogen-bond acceptors (Lipinski definition) is 3. The van der Waals surface area contributed by atoms with Crippen LogP contribution in [-0.2, 0) is 4.79 Å². The molecule has 5 nitrogen and oxygen atoms in total. The fraction of sp³-hybridized carbons (Fsp3) is 0.391.